The molecule has 0 unspecified atom stereocenters. The fourth-order valence-electron chi connectivity index (χ4n) is 3.32. The number of aromatic amines is 1. The Morgan fingerprint density at radius 2 is 2.04 bits per heavy atom. The smallest absolute Gasteiger partial charge is 0.228 e. The fourth-order valence-corrected chi connectivity index (χ4v) is 3.32. The second kappa shape index (κ2) is 7.15. The van der Waals surface area contributed by atoms with Gasteiger partial charge in [-0.1, -0.05) is 18.2 Å². The predicted molar refractivity (Wildman–Crippen MR) is 106 cm³/mol. The lowest BCUT2D eigenvalue weighted by molar-refractivity contribution is -0.115. The molecule has 2 heterocycles. The number of fused-ring (bicyclic) bond motifs is 1. The Balaban J connectivity index is 1.60. The number of amides is 1. The van der Waals surface area contributed by atoms with Crippen molar-refractivity contribution >= 4 is 22.5 Å². The molecule has 0 atom stereocenters. The van der Waals surface area contributed by atoms with Crippen molar-refractivity contribution in [2.45, 2.75) is 20.3 Å². The minimum atomic E-state index is -0.0996. The number of benzene rings is 2. The van der Waals surface area contributed by atoms with Crippen LogP contribution in [0, 0.1) is 13.8 Å². The Kier molecular flexibility index (Phi) is 4.52. The van der Waals surface area contributed by atoms with E-state index in [0.29, 0.717) is 22.9 Å². The van der Waals surface area contributed by atoms with Crippen molar-refractivity contribution in [2.75, 3.05) is 12.4 Å². The number of hydrogen-bond donors (Lipinski definition) is 2. The second-order valence-electron chi connectivity index (χ2n) is 6.52. The van der Waals surface area contributed by atoms with Gasteiger partial charge in [-0.25, -0.2) is 0 Å². The lowest BCUT2D eigenvalue weighted by Crippen LogP contribution is -2.15. The molecule has 0 bridgehead atoms. The van der Waals surface area contributed by atoms with Crippen LogP contribution in [0.3, 0.4) is 0 Å². The van der Waals surface area contributed by atoms with Crippen molar-refractivity contribution in [2.24, 2.45) is 0 Å². The van der Waals surface area contributed by atoms with Gasteiger partial charge in [0.2, 0.25) is 5.91 Å². The number of ether oxygens (including phenoxy) is 1. The van der Waals surface area contributed by atoms with Gasteiger partial charge in [0, 0.05) is 22.3 Å². The molecule has 4 rings (SSSR count). The second-order valence-corrected chi connectivity index (χ2v) is 6.52. The molecule has 2 aromatic carbocycles. The third-order valence-electron chi connectivity index (χ3n) is 4.68. The van der Waals surface area contributed by atoms with Gasteiger partial charge in [-0.15, -0.1) is 5.10 Å². The normalized spacial score (nSPS) is 11.0. The number of aryl methyl sites for hydroxylation is 2. The third-order valence-corrected chi connectivity index (χ3v) is 4.68. The van der Waals surface area contributed by atoms with Crippen molar-refractivity contribution in [3.05, 3.63) is 59.5 Å². The molecular weight excluding hydrogens is 356 g/mol. The fraction of sp³-hybridized carbons (Fsp3) is 0.200. The van der Waals surface area contributed by atoms with Gasteiger partial charge in [0.05, 0.1) is 13.5 Å². The highest BCUT2D eigenvalue weighted by Crippen LogP contribution is 2.27. The average molecular weight is 376 g/mol. The van der Waals surface area contributed by atoms with Crippen LogP contribution in [0.4, 0.5) is 5.69 Å². The molecule has 0 spiro atoms. The van der Waals surface area contributed by atoms with E-state index in [2.05, 4.69) is 25.8 Å². The molecule has 142 valence electrons. The summed E-state index contributed by atoms with van der Waals surface area (Å²) in [5, 5.41) is 15.6. The number of aromatic nitrogens is 5. The van der Waals surface area contributed by atoms with Gasteiger partial charge in [-0.3, -0.25) is 4.79 Å². The van der Waals surface area contributed by atoms with Crippen LogP contribution >= 0.6 is 0 Å². The van der Waals surface area contributed by atoms with Crippen LogP contribution < -0.4 is 10.1 Å². The topological polar surface area (TPSA) is 97.7 Å². The summed E-state index contributed by atoms with van der Waals surface area (Å²) in [4.78, 5) is 16.0. The zero-order valence-electron chi connectivity index (χ0n) is 15.9. The van der Waals surface area contributed by atoms with Crippen LogP contribution in [0.1, 0.15) is 17.1 Å². The molecular formula is C20H20N6O2. The number of nitrogens with zero attached hydrogens (tertiary/aromatic N) is 4. The number of para-hydroxylation sites is 1. The standard InChI is InChI=1S/C20H20N6O2/c1-12-16(15-6-4-5-7-17(15)21-12)11-20(27)22-14-8-9-19(28-3)18(10-14)26-13(2)23-24-25-26/h4-10,21H,11H2,1-3H3,(H,22,27). The largest absolute Gasteiger partial charge is 0.494 e. The Bertz CT molecular complexity index is 1160. The Morgan fingerprint density at radius 3 is 2.79 bits per heavy atom. The van der Waals surface area contributed by atoms with E-state index in [1.165, 1.54) is 0 Å². The van der Waals surface area contributed by atoms with Crippen LogP contribution in [0.5, 0.6) is 5.75 Å². The summed E-state index contributed by atoms with van der Waals surface area (Å²) in [6.45, 7) is 3.78. The van der Waals surface area contributed by atoms with Crippen molar-refractivity contribution in [1.82, 2.24) is 25.2 Å². The summed E-state index contributed by atoms with van der Waals surface area (Å²) in [5.74, 6) is 1.13. The van der Waals surface area contributed by atoms with Crippen LogP contribution in [0.25, 0.3) is 16.6 Å². The molecule has 8 nitrogen and oxygen atoms in total. The Morgan fingerprint density at radius 1 is 1.21 bits per heavy atom. The van der Waals surface area contributed by atoms with Crippen LogP contribution in [0.2, 0.25) is 0 Å². The summed E-state index contributed by atoms with van der Waals surface area (Å²) in [6, 6.07) is 13.3. The summed E-state index contributed by atoms with van der Waals surface area (Å²) in [6.07, 6.45) is 0.279. The minimum absolute atomic E-state index is 0.0996. The first-order valence-electron chi connectivity index (χ1n) is 8.86. The number of methoxy groups -OCH3 is 1. The van der Waals surface area contributed by atoms with E-state index in [1.54, 1.807) is 36.9 Å². The molecule has 0 aliphatic rings. The number of H-pyrrole nitrogens is 1. The summed E-state index contributed by atoms with van der Waals surface area (Å²) in [5.41, 5.74) is 4.33. The predicted octanol–water partition coefficient (Wildman–Crippen LogP) is 2.95. The van der Waals surface area contributed by atoms with E-state index in [-0.39, 0.29) is 12.3 Å². The van der Waals surface area contributed by atoms with Gasteiger partial charge in [-0.05, 0) is 54.1 Å². The molecule has 2 aromatic heterocycles. The summed E-state index contributed by atoms with van der Waals surface area (Å²) >= 11 is 0. The number of carbonyl (C=O) groups excluding carboxylic acids is 1. The van der Waals surface area contributed by atoms with E-state index in [9.17, 15) is 4.79 Å². The van der Waals surface area contributed by atoms with Gasteiger partial charge in [0.1, 0.15) is 11.4 Å². The molecule has 8 heteroatoms. The molecule has 0 fully saturated rings. The molecule has 0 radical (unpaired) electrons. The highest BCUT2D eigenvalue weighted by Gasteiger charge is 2.15. The van der Waals surface area contributed by atoms with Gasteiger partial charge >= 0.3 is 0 Å². The molecule has 28 heavy (non-hydrogen) atoms. The maximum Gasteiger partial charge on any atom is 0.228 e. The van der Waals surface area contributed by atoms with E-state index in [4.69, 9.17) is 4.74 Å². The van der Waals surface area contributed by atoms with Crippen molar-refractivity contribution < 1.29 is 9.53 Å². The number of anilines is 1. The van der Waals surface area contributed by atoms with Crippen molar-refractivity contribution in [3.8, 4) is 11.4 Å². The van der Waals surface area contributed by atoms with E-state index in [0.717, 1.165) is 22.2 Å². The molecule has 1 amide bonds. The zero-order chi connectivity index (χ0) is 19.7. The summed E-state index contributed by atoms with van der Waals surface area (Å²) in [7, 11) is 1.58. The lowest BCUT2D eigenvalue weighted by Gasteiger charge is -2.12. The van der Waals surface area contributed by atoms with Gasteiger partial charge in [0.25, 0.3) is 0 Å². The SMILES string of the molecule is COc1ccc(NC(=O)Cc2c(C)[nH]c3ccccc23)cc1-n1nnnc1C. The first-order valence-corrected chi connectivity index (χ1v) is 8.86. The molecule has 0 saturated carbocycles. The Hall–Kier alpha value is -3.68. The monoisotopic (exact) mass is 376 g/mol. The zero-order valence-corrected chi connectivity index (χ0v) is 15.9. The average Bonchev–Trinajstić information content (AvgIpc) is 3.25. The number of rotatable bonds is 5. The lowest BCUT2D eigenvalue weighted by atomic mass is 10.1. The van der Waals surface area contributed by atoms with Gasteiger partial charge in [-0.2, -0.15) is 4.68 Å². The third kappa shape index (κ3) is 3.20. The number of tetrazole rings is 1. The molecule has 4 aromatic rings. The van der Waals surface area contributed by atoms with Crippen molar-refractivity contribution in [1.29, 1.82) is 0 Å². The van der Waals surface area contributed by atoms with Crippen LogP contribution in [-0.2, 0) is 11.2 Å². The van der Waals surface area contributed by atoms with E-state index < -0.39 is 0 Å². The van der Waals surface area contributed by atoms with Crippen LogP contribution in [-0.4, -0.2) is 38.2 Å². The molecule has 0 aliphatic heterocycles. The van der Waals surface area contributed by atoms with Gasteiger partial charge < -0.3 is 15.0 Å². The molecule has 0 aliphatic carbocycles. The minimum Gasteiger partial charge on any atom is -0.494 e. The van der Waals surface area contributed by atoms with Crippen LogP contribution in [0.15, 0.2) is 42.5 Å². The number of hydrogen-bond acceptors (Lipinski definition) is 5. The maximum atomic E-state index is 12.7. The number of carbonyl (C=O) groups is 1. The van der Waals surface area contributed by atoms with Gasteiger partial charge in [0.15, 0.2) is 5.82 Å². The summed E-state index contributed by atoms with van der Waals surface area (Å²) < 4.78 is 6.97. The number of nitrogens with one attached hydrogen (secondary N) is 2. The first-order chi connectivity index (χ1) is 13.6. The first kappa shape index (κ1) is 17.7. The highest BCUT2D eigenvalue weighted by atomic mass is 16.5. The van der Waals surface area contributed by atoms with Crippen molar-refractivity contribution in [3.63, 3.8) is 0 Å². The highest BCUT2D eigenvalue weighted by molar-refractivity contribution is 5.96. The maximum absolute atomic E-state index is 12.7. The van der Waals surface area contributed by atoms with E-state index in [1.807, 2.05) is 31.2 Å². The molecule has 2 N–H and O–H groups in total. The quantitative estimate of drug-likeness (QED) is 0.558. The Labute approximate surface area is 161 Å². The van der Waals surface area contributed by atoms with E-state index >= 15 is 0 Å². The molecule has 0 saturated heterocycles.